The third kappa shape index (κ3) is 3.02. The van der Waals surface area contributed by atoms with E-state index in [2.05, 4.69) is 52.0 Å². The first-order valence-electron chi connectivity index (χ1n) is 7.82. The van der Waals surface area contributed by atoms with Gasteiger partial charge in [0, 0.05) is 29.6 Å². The van der Waals surface area contributed by atoms with Crippen LogP contribution in [0.2, 0.25) is 0 Å². The van der Waals surface area contributed by atoms with Gasteiger partial charge in [-0.2, -0.15) is 0 Å². The highest BCUT2D eigenvalue weighted by atomic mass is 32.1. The maximum absolute atomic E-state index is 12.0. The third-order valence-electron chi connectivity index (χ3n) is 4.16. The molecule has 1 aromatic carbocycles. The second kappa shape index (κ2) is 6.53. The molecule has 3 rings (SSSR count). The molecule has 2 aromatic rings. The predicted octanol–water partition coefficient (Wildman–Crippen LogP) is 3.62. The molecule has 1 N–H and O–H groups in total. The van der Waals surface area contributed by atoms with Crippen molar-refractivity contribution in [2.24, 2.45) is 5.92 Å². The third-order valence-corrected chi connectivity index (χ3v) is 5.14. The zero-order valence-electron chi connectivity index (χ0n) is 13.1. The maximum Gasteiger partial charge on any atom is 0.222 e. The van der Waals surface area contributed by atoms with E-state index in [9.17, 15) is 4.79 Å². The summed E-state index contributed by atoms with van der Waals surface area (Å²) < 4.78 is 0. The number of carbonyl (C=O) groups is 1. The second-order valence-electron chi connectivity index (χ2n) is 6.00. The Bertz CT molecular complexity index is 636. The SMILES string of the molecule is CC(C)C(=O)NC[C@H](c1cccs1)N1CCc2ccccc21. The van der Waals surface area contributed by atoms with Gasteiger partial charge in [-0.1, -0.05) is 38.1 Å². The molecule has 2 heterocycles. The van der Waals surface area contributed by atoms with Crippen LogP contribution in [0.5, 0.6) is 0 Å². The average Bonchev–Trinajstić information content (AvgIpc) is 3.17. The number of amides is 1. The highest BCUT2D eigenvalue weighted by Crippen LogP contribution is 2.36. The van der Waals surface area contributed by atoms with E-state index >= 15 is 0 Å². The lowest BCUT2D eigenvalue weighted by atomic mass is 10.1. The van der Waals surface area contributed by atoms with Crippen LogP contribution < -0.4 is 10.2 Å². The Hall–Kier alpha value is -1.81. The molecule has 1 aliphatic heterocycles. The number of benzene rings is 1. The van der Waals surface area contributed by atoms with Crippen LogP contribution in [0, 0.1) is 5.92 Å². The van der Waals surface area contributed by atoms with Gasteiger partial charge in [0.15, 0.2) is 0 Å². The van der Waals surface area contributed by atoms with E-state index < -0.39 is 0 Å². The predicted molar refractivity (Wildman–Crippen MR) is 92.4 cm³/mol. The number of thiophene rings is 1. The van der Waals surface area contributed by atoms with Gasteiger partial charge in [0.05, 0.1) is 6.04 Å². The standard InChI is InChI=1S/C18H22N2OS/c1-13(2)18(21)19-12-16(17-8-5-11-22-17)20-10-9-14-6-3-4-7-15(14)20/h3-8,11,13,16H,9-10,12H2,1-2H3,(H,19,21)/t16-/m1/s1. The molecule has 116 valence electrons. The minimum Gasteiger partial charge on any atom is -0.361 e. The van der Waals surface area contributed by atoms with Crippen molar-refractivity contribution in [1.82, 2.24) is 5.32 Å². The molecule has 0 spiro atoms. The number of nitrogens with one attached hydrogen (secondary N) is 1. The molecule has 1 aliphatic rings. The largest absolute Gasteiger partial charge is 0.361 e. The Morgan fingerprint density at radius 1 is 1.27 bits per heavy atom. The Morgan fingerprint density at radius 2 is 2.09 bits per heavy atom. The summed E-state index contributed by atoms with van der Waals surface area (Å²) >= 11 is 1.76. The van der Waals surface area contributed by atoms with E-state index in [4.69, 9.17) is 0 Å². The molecule has 0 fully saturated rings. The van der Waals surface area contributed by atoms with E-state index in [0.717, 1.165) is 13.0 Å². The molecule has 22 heavy (non-hydrogen) atoms. The summed E-state index contributed by atoms with van der Waals surface area (Å²) in [6.45, 7) is 5.53. The summed E-state index contributed by atoms with van der Waals surface area (Å²) in [5.74, 6) is 0.142. The molecule has 0 saturated heterocycles. The van der Waals surface area contributed by atoms with Gasteiger partial charge in [-0.3, -0.25) is 4.79 Å². The van der Waals surface area contributed by atoms with Crippen molar-refractivity contribution in [3.63, 3.8) is 0 Å². The Morgan fingerprint density at radius 3 is 2.82 bits per heavy atom. The Balaban J connectivity index is 1.83. The van der Waals surface area contributed by atoms with Crippen molar-refractivity contribution >= 4 is 22.9 Å². The number of carbonyl (C=O) groups excluding carboxylic acids is 1. The number of hydrogen-bond acceptors (Lipinski definition) is 3. The summed E-state index contributed by atoms with van der Waals surface area (Å²) in [6.07, 6.45) is 1.08. The van der Waals surface area contributed by atoms with Gasteiger partial charge in [-0.25, -0.2) is 0 Å². The van der Waals surface area contributed by atoms with Gasteiger partial charge in [0.1, 0.15) is 0 Å². The fourth-order valence-electron chi connectivity index (χ4n) is 2.93. The lowest BCUT2D eigenvalue weighted by molar-refractivity contribution is -0.124. The molecular formula is C18H22N2OS. The summed E-state index contributed by atoms with van der Waals surface area (Å²) in [5.41, 5.74) is 2.71. The monoisotopic (exact) mass is 314 g/mol. The number of anilines is 1. The van der Waals surface area contributed by atoms with Crippen LogP contribution in [0.1, 0.15) is 30.3 Å². The molecule has 1 atom stereocenters. The first-order chi connectivity index (χ1) is 10.7. The smallest absolute Gasteiger partial charge is 0.222 e. The van der Waals surface area contributed by atoms with Crippen molar-refractivity contribution in [2.45, 2.75) is 26.3 Å². The quantitative estimate of drug-likeness (QED) is 0.914. The lowest BCUT2D eigenvalue weighted by Gasteiger charge is -2.30. The molecular weight excluding hydrogens is 292 g/mol. The van der Waals surface area contributed by atoms with Crippen molar-refractivity contribution in [1.29, 1.82) is 0 Å². The van der Waals surface area contributed by atoms with Gasteiger partial charge >= 0.3 is 0 Å². The van der Waals surface area contributed by atoms with Gasteiger partial charge in [-0.05, 0) is 29.5 Å². The van der Waals surface area contributed by atoms with Crippen LogP contribution >= 0.6 is 11.3 Å². The van der Waals surface area contributed by atoms with Crippen LogP contribution in [0.15, 0.2) is 41.8 Å². The fourth-order valence-corrected chi connectivity index (χ4v) is 3.77. The van der Waals surface area contributed by atoms with E-state index in [1.807, 2.05) is 13.8 Å². The zero-order valence-corrected chi connectivity index (χ0v) is 13.9. The minimum absolute atomic E-state index is 0.0230. The molecule has 1 amide bonds. The summed E-state index contributed by atoms with van der Waals surface area (Å²) in [5, 5.41) is 5.21. The van der Waals surface area contributed by atoms with E-state index in [1.54, 1.807) is 11.3 Å². The van der Waals surface area contributed by atoms with Crippen molar-refractivity contribution in [3.05, 3.63) is 52.2 Å². The first kappa shape index (κ1) is 15.1. The normalized spacial score (nSPS) is 15.0. The number of nitrogens with zero attached hydrogens (tertiary/aromatic N) is 1. The molecule has 0 aliphatic carbocycles. The first-order valence-corrected chi connectivity index (χ1v) is 8.70. The van der Waals surface area contributed by atoms with Crippen LogP contribution in [0.3, 0.4) is 0 Å². The van der Waals surface area contributed by atoms with Crippen molar-refractivity contribution in [3.8, 4) is 0 Å². The van der Waals surface area contributed by atoms with E-state index in [-0.39, 0.29) is 17.9 Å². The fraction of sp³-hybridized carbons (Fsp3) is 0.389. The van der Waals surface area contributed by atoms with Crippen molar-refractivity contribution in [2.75, 3.05) is 18.0 Å². The van der Waals surface area contributed by atoms with Gasteiger partial charge in [0.2, 0.25) is 5.91 Å². The van der Waals surface area contributed by atoms with E-state index in [0.29, 0.717) is 6.54 Å². The molecule has 0 bridgehead atoms. The maximum atomic E-state index is 12.0. The topological polar surface area (TPSA) is 32.3 Å². The second-order valence-corrected chi connectivity index (χ2v) is 6.98. The number of para-hydroxylation sites is 1. The van der Waals surface area contributed by atoms with Crippen LogP contribution in [0.4, 0.5) is 5.69 Å². The van der Waals surface area contributed by atoms with Gasteiger partial charge < -0.3 is 10.2 Å². The van der Waals surface area contributed by atoms with Crippen LogP contribution in [-0.4, -0.2) is 19.0 Å². The summed E-state index contributed by atoms with van der Waals surface area (Å²) in [7, 11) is 0. The van der Waals surface area contributed by atoms with Crippen molar-refractivity contribution < 1.29 is 4.79 Å². The number of fused-ring (bicyclic) bond motifs is 1. The Labute approximate surface area is 136 Å². The molecule has 0 radical (unpaired) electrons. The number of hydrogen-bond donors (Lipinski definition) is 1. The zero-order chi connectivity index (χ0) is 15.5. The highest BCUT2D eigenvalue weighted by molar-refractivity contribution is 7.10. The highest BCUT2D eigenvalue weighted by Gasteiger charge is 2.28. The van der Waals surface area contributed by atoms with Crippen LogP contribution in [-0.2, 0) is 11.2 Å². The number of rotatable bonds is 5. The minimum atomic E-state index is 0.0230. The van der Waals surface area contributed by atoms with Gasteiger partial charge in [0.25, 0.3) is 0 Å². The summed E-state index contributed by atoms with van der Waals surface area (Å²) in [6, 6.07) is 13.0. The average molecular weight is 314 g/mol. The molecule has 4 heteroatoms. The van der Waals surface area contributed by atoms with Crippen LogP contribution in [0.25, 0.3) is 0 Å². The van der Waals surface area contributed by atoms with Gasteiger partial charge in [-0.15, -0.1) is 11.3 Å². The summed E-state index contributed by atoms with van der Waals surface area (Å²) in [4.78, 5) is 15.7. The van der Waals surface area contributed by atoms with E-state index in [1.165, 1.54) is 16.1 Å². The molecule has 3 nitrogen and oxygen atoms in total. The molecule has 0 unspecified atom stereocenters. The lowest BCUT2D eigenvalue weighted by Crippen LogP contribution is -2.38. The molecule has 1 aromatic heterocycles. The molecule has 0 saturated carbocycles. The Kier molecular flexibility index (Phi) is 4.48.